The molecule has 0 radical (unpaired) electrons. The van der Waals surface area contributed by atoms with Crippen LogP contribution in [0.3, 0.4) is 0 Å². The molecule has 0 aliphatic heterocycles. The molecule has 2 heterocycles. The van der Waals surface area contributed by atoms with Crippen LogP contribution >= 0.6 is 0 Å². The SMILES string of the molecule is Cc1ccc(-c2nc(CN(Cc3ccccc3)CC3CC3)c(C)o2)o1. The Morgan fingerprint density at radius 1 is 1.00 bits per heavy atom. The summed E-state index contributed by atoms with van der Waals surface area (Å²) in [5, 5.41) is 0. The van der Waals surface area contributed by atoms with Crippen LogP contribution in [0.4, 0.5) is 0 Å². The second kappa shape index (κ2) is 6.89. The van der Waals surface area contributed by atoms with Crippen LogP contribution in [0.1, 0.15) is 35.6 Å². The van der Waals surface area contributed by atoms with Crippen LogP contribution in [-0.4, -0.2) is 16.4 Å². The highest BCUT2D eigenvalue weighted by Crippen LogP contribution is 2.31. The zero-order valence-electron chi connectivity index (χ0n) is 14.9. The second-order valence-electron chi connectivity index (χ2n) is 7.03. The third-order valence-electron chi connectivity index (χ3n) is 4.68. The van der Waals surface area contributed by atoms with Crippen molar-refractivity contribution in [1.82, 2.24) is 9.88 Å². The number of oxazole rings is 1. The van der Waals surface area contributed by atoms with Crippen molar-refractivity contribution in [2.75, 3.05) is 6.54 Å². The van der Waals surface area contributed by atoms with Gasteiger partial charge in [0, 0.05) is 19.6 Å². The summed E-state index contributed by atoms with van der Waals surface area (Å²) >= 11 is 0. The molecule has 3 aromatic rings. The minimum atomic E-state index is 0.576. The normalized spacial score (nSPS) is 14.4. The Morgan fingerprint density at radius 3 is 2.48 bits per heavy atom. The average Bonchev–Trinajstić information content (AvgIpc) is 3.19. The molecule has 1 fully saturated rings. The molecule has 4 nitrogen and oxygen atoms in total. The number of aryl methyl sites for hydroxylation is 2. The van der Waals surface area contributed by atoms with Crippen LogP contribution in [0.15, 0.2) is 51.3 Å². The number of hydrogen-bond donors (Lipinski definition) is 0. The third-order valence-corrected chi connectivity index (χ3v) is 4.68. The van der Waals surface area contributed by atoms with Crippen molar-refractivity contribution in [2.45, 2.75) is 39.8 Å². The number of hydrogen-bond acceptors (Lipinski definition) is 4. The van der Waals surface area contributed by atoms with Crippen molar-refractivity contribution in [3.8, 4) is 11.7 Å². The predicted molar refractivity (Wildman–Crippen MR) is 97.0 cm³/mol. The molecule has 0 bridgehead atoms. The maximum atomic E-state index is 5.85. The van der Waals surface area contributed by atoms with Crippen LogP contribution in [0.25, 0.3) is 11.7 Å². The quantitative estimate of drug-likeness (QED) is 0.611. The first-order chi connectivity index (χ1) is 12.2. The Kier molecular flexibility index (Phi) is 4.45. The first-order valence-electron chi connectivity index (χ1n) is 8.97. The van der Waals surface area contributed by atoms with Crippen LogP contribution in [0.5, 0.6) is 0 Å². The lowest BCUT2D eigenvalue weighted by molar-refractivity contribution is 0.242. The fourth-order valence-electron chi connectivity index (χ4n) is 3.13. The summed E-state index contributed by atoms with van der Waals surface area (Å²) in [7, 11) is 0. The van der Waals surface area contributed by atoms with E-state index in [4.69, 9.17) is 13.8 Å². The van der Waals surface area contributed by atoms with Crippen LogP contribution in [0, 0.1) is 19.8 Å². The standard InChI is InChI=1S/C21H24N2O2/c1-15-8-11-20(24-15)21-22-19(16(2)25-21)14-23(13-18-9-10-18)12-17-6-4-3-5-7-17/h3-8,11,18H,9-10,12-14H2,1-2H3. The molecule has 1 aliphatic carbocycles. The van der Waals surface area contributed by atoms with Crippen LogP contribution in [-0.2, 0) is 13.1 Å². The van der Waals surface area contributed by atoms with Gasteiger partial charge in [0.15, 0.2) is 5.76 Å². The van der Waals surface area contributed by atoms with E-state index in [9.17, 15) is 0 Å². The Labute approximate surface area is 148 Å². The molecule has 0 spiro atoms. The van der Waals surface area contributed by atoms with Crippen molar-refractivity contribution in [1.29, 1.82) is 0 Å². The van der Waals surface area contributed by atoms with E-state index in [0.29, 0.717) is 11.7 Å². The van der Waals surface area contributed by atoms with Gasteiger partial charge in [0.1, 0.15) is 11.5 Å². The molecule has 2 aromatic heterocycles. The first-order valence-corrected chi connectivity index (χ1v) is 8.97. The monoisotopic (exact) mass is 336 g/mol. The van der Waals surface area contributed by atoms with E-state index >= 15 is 0 Å². The molecule has 0 amide bonds. The average molecular weight is 336 g/mol. The van der Waals surface area contributed by atoms with Gasteiger partial charge < -0.3 is 8.83 Å². The van der Waals surface area contributed by atoms with Gasteiger partial charge in [-0.25, -0.2) is 4.98 Å². The summed E-state index contributed by atoms with van der Waals surface area (Å²) in [5.41, 5.74) is 2.34. The van der Waals surface area contributed by atoms with E-state index in [1.165, 1.54) is 18.4 Å². The fourth-order valence-corrected chi connectivity index (χ4v) is 3.13. The third kappa shape index (κ3) is 4.02. The highest BCUT2D eigenvalue weighted by Gasteiger charge is 2.25. The Balaban J connectivity index is 1.52. The Morgan fingerprint density at radius 2 is 1.80 bits per heavy atom. The summed E-state index contributed by atoms with van der Waals surface area (Å²) < 4.78 is 11.5. The van der Waals surface area contributed by atoms with Gasteiger partial charge >= 0.3 is 0 Å². The van der Waals surface area contributed by atoms with Gasteiger partial charge in [0.25, 0.3) is 5.89 Å². The minimum absolute atomic E-state index is 0.576. The second-order valence-corrected chi connectivity index (χ2v) is 7.03. The lowest BCUT2D eigenvalue weighted by atomic mass is 10.2. The zero-order valence-corrected chi connectivity index (χ0v) is 14.9. The topological polar surface area (TPSA) is 42.4 Å². The first kappa shape index (κ1) is 16.2. The number of benzene rings is 1. The molecule has 4 heteroatoms. The summed E-state index contributed by atoms with van der Waals surface area (Å²) in [6, 6.07) is 14.5. The Hall–Kier alpha value is -2.33. The van der Waals surface area contributed by atoms with Gasteiger partial charge in [0.05, 0.1) is 5.69 Å². The van der Waals surface area contributed by atoms with Gasteiger partial charge in [0.2, 0.25) is 0 Å². The summed E-state index contributed by atoms with van der Waals surface area (Å²) in [6.07, 6.45) is 2.69. The molecular weight excluding hydrogens is 312 g/mol. The van der Waals surface area contributed by atoms with Gasteiger partial charge in [-0.1, -0.05) is 30.3 Å². The lowest BCUT2D eigenvalue weighted by Crippen LogP contribution is -2.25. The van der Waals surface area contributed by atoms with E-state index in [2.05, 4.69) is 35.2 Å². The van der Waals surface area contributed by atoms with E-state index in [0.717, 1.165) is 42.8 Å². The largest absolute Gasteiger partial charge is 0.456 e. The molecule has 1 saturated carbocycles. The lowest BCUT2D eigenvalue weighted by Gasteiger charge is -2.21. The highest BCUT2D eigenvalue weighted by molar-refractivity contribution is 5.45. The van der Waals surface area contributed by atoms with Crippen LogP contribution < -0.4 is 0 Å². The molecule has 0 atom stereocenters. The smallest absolute Gasteiger partial charge is 0.263 e. The maximum Gasteiger partial charge on any atom is 0.263 e. The molecule has 0 saturated heterocycles. The van der Waals surface area contributed by atoms with Gasteiger partial charge in [-0.2, -0.15) is 0 Å². The van der Waals surface area contributed by atoms with Gasteiger partial charge in [-0.15, -0.1) is 0 Å². The molecule has 1 aromatic carbocycles. The highest BCUT2D eigenvalue weighted by atomic mass is 16.4. The Bertz CT molecular complexity index is 831. The fraction of sp³-hybridized carbons (Fsp3) is 0.381. The van der Waals surface area contributed by atoms with E-state index in [-0.39, 0.29) is 0 Å². The van der Waals surface area contributed by atoms with Crippen molar-refractivity contribution < 1.29 is 8.83 Å². The van der Waals surface area contributed by atoms with Crippen molar-refractivity contribution in [2.24, 2.45) is 5.92 Å². The van der Waals surface area contributed by atoms with E-state index < -0.39 is 0 Å². The molecule has 0 N–H and O–H groups in total. The van der Waals surface area contributed by atoms with Crippen molar-refractivity contribution in [3.63, 3.8) is 0 Å². The van der Waals surface area contributed by atoms with Crippen LogP contribution in [0.2, 0.25) is 0 Å². The predicted octanol–water partition coefficient (Wildman–Crippen LogP) is 4.96. The summed E-state index contributed by atoms with van der Waals surface area (Å²) in [5.74, 6) is 3.85. The van der Waals surface area contributed by atoms with Crippen molar-refractivity contribution in [3.05, 3.63) is 65.2 Å². The molecule has 130 valence electrons. The number of aromatic nitrogens is 1. The number of nitrogens with zero attached hydrogens (tertiary/aromatic N) is 2. The van der Waals surface area contributed by atoms with Gasteiger partial charge in [-0.3, -0.25) is 4.90 Å². The van der Waals surface area contributed by atoms with E-state index in [1.54, 1.807) is 0 Å². The van der Waals surface area contributed by atoms with E-state index in [1.807, 2.05) is 26.0 Å². The molecule has 4 rings (SSSR count). The van der Waals surface area contributed by atoms with Gasteiger partial charge in [-0.05, 0) is 50.3 Å². The molecule has 25 heavy (non-hydrogen) atoms. The molecule has 0 unspecified atom stereocenters. The summed E-state index contributed by atoms with van der Waals surface area (Å²) in [4.78, 5) is 7.18. The molecule has 1 aliphatic rings. The maximum absolute atomic E-state index is 5.85. The minimum Gasteiger partial charge on any atom is -0.456 e. The number of furan rings is 1. The zero-order chi connectivity index (χ0) is 17.2. The molecular formula is C21H24N2O2. The summed E-state index contributed by atoms with van der Waals surface area (Å²) in [6.45, 7) is 6.78. The van der Waals surface area contributed by atoms with Crippen molar-refractivity contribution >= 4 is 0 Å². The number of rotatable bonds is 7.